The molecule has 2 aromatic rings. The van der Waals surface area contributed by atoms with Gasteiger partial charge in [-0.3, -0.25) is 9.59 Å². The van der Waals surface area contributed by atoms with Crippen molar-refractivity contribution in [2.24, 2.45) is 5.10 Å². The molecule has 0 unspecified atom stereocenters. The van der Waals surface area contributed by atoms with Crippen LogP contribution in [0.5, 0.6) is 11.5 Å². The number of rotatable bonds is 7. The Kier molecular flexibility index (Phi) is 7.66. The SMILES string of the molecule is COc1ccc(C(=O)N/N=C(/C)CC(=O)Nc2ccc(Cl)c(Cl)c2)c(OC)c1. The predicted octanol–water partition coefficient (Wildman–Crippen LogP) is 4.15. The molecule has 2 amide bonds. The van der Waals surface area contributed by atoms with Gasteiger partial charge in [0.15, 0.2) is 0 Å². The second-order valence-electron chi connectivity index (χ2n) is 5.71. The van der Waals surface area contributed by atoms with E-state index in [9.17, 15) is 9.59 Å². The van der Waals surface area contributed by atoms with Crippen molar-refractivity contribution in [3.8, 4) is 11.5 Å². The Morgan fingerprint density at radius 3 is 2.43 bits per heavy atom. The van der Waals surface area contributed by atoms with Gasteiger partial charge in [0.2, 0.25) is 5.91 Å². The molecule has 0 aromatic heterocycles. The molecule has 2 rings (SSSR count). The lowest BCUT2D eigenvalue weighted by atomic mass is 10.2. The number of hydrogen-bond donors (Lipinski definition) is 2. The zero-order valence-corrected chi connectivity index (χ0v) is 17.0. The number of anilines is 1. The number of amides is 2. The van der Waals surface area contributed by atoms with E-state index in [2.05, 4.69) is 15.8 Å². The number of nitrogens with one attached hydrogen (secondary N) is 2. The largest absolute Gasteiger partial charge is 0.497 e. The van der Waals surface area contributed by atoms with Crippen molar-refractivity contribution in [3.05, 3.63) is 52.0 Å². The molecule has 0 heterocycles. The van der Waals surface area contributed by atoms with Gasteiger partial charge in [0, 0.05) is 17.5 Å². The van der Waals surface area contributed by atoms with Crippen LogP contribution in [-0.2, 0) is 4.79 Å². The van der Waals surface area contributed by atoms with Crippen LogP contribution in [0.2, 0.25) is 10.0 Å². The van der Waals surface area contributed by atoms with Crippen LogP contribution < -0.4 is 20.2 Å². The first-order chi connectivity index (χ1) is 13.3. The van der Waals surface area contributed by atoms with Gasteiger partial charge >= 0.3 is 0 Å². The monoisotopic (exact) mass is 423 g/mol. The molecule has 0 fully saturated rings. The third kappa shape index (κ3) is 5.87. The molecule has 0 aliphatic heterocycles. The van der Waals surface area contributed by atoms with Crippen molar-refractivity contribution in [2.45, 2.75) is 13.3 Å². The second-order valence-corrected chi connectivity index (χ2v) is 6.52. The quantitative estimate of drug-likeness (QED) is 0.517. The maximum atomic E-state index is 12.3. The molecule has 2 N–H and O–H groups in total. The van der Waals surface area contributed by atoms with Crippen molar-refractivity contribution in [3.63, 3.8) is 0 Å². The Morgan fingerprint density at radius 1 is 1.04 bits per heavy atom. The van der Waals surface area contributed by atoms with Gasteiger partial charge in [0.1, 0.15) is 11.5 Å². The maximum absolute atomic E-state index is 12.3. The van der Waals surface area contributed by atoms with Gasteiger partial charge in [-0.05, 0) is 37.3 Å². The normalized spacial score (nSPS) is 11.0. The minimum absolute atomic E-state index is 0.0136. The van der Waals surface area contributed by atoms with Gasteiger partial charge < -0.3 is 14.8 Å². The first-order valence-corrected chi connectivity index (χ1v) is 8.90. The number of halogens is 2. The molecule has 0 saturated heterocycles. The molecule has 28 heavy (non-hydrogen) atoms. The van der Waals surface area contributed by atoms with Crippen molar-refractivity contribution >= 4 is 46.4 Å². The minimum atomic E-state index is -0.469. The van der Waals surface area contributed by atoms with Crippen LogP contribution in [0, 0.1) is 0 Å². The summed E-state index contributed by atoms with van der Waals surface area (Å²) in [6.07, 6.45) is -0.0136. The fourth-order valence-corrected chi connectivity index (χ4v) is 2.54. The summed E-state index contributed by atoms with van der Waals surface area (Å²) in [6, 6.07) is 9.56. The van der Waals surface area contributed by atoms with Gasteiger partial charge in [0.05, 0.1) is 36.2 Å². The summed E-state index contributed by atoms with van der Waals surface area (Å²) in [5, 5.41) is 7.37. The highest BCUT2D eigenvalue weighted by atomic mass is 35.5. The average Bonchev–Trinajstić information content (AvgIpc) is 2.68. The van der Waals surface area contributed by atoms with Crippen LogP contribution in [0.15, 0.2) is 41.5 Å². The van der Waals surface area contributed by atoms with E-state index in [0.29, 0.717) is 38.5 Å². The van der Waals surface area contributed by atoms with Gasteiger partial charge in [0.25, 0.3) is 5.91 Å². The number of benzene rings is 2. The third-order valence-corrected chi connectivity index (χ3v) is 4.36. The molecule has 9 heteroatoms. The lowest BCUT2D eigenvalue weighted by Gasteiger charge is -2.09. The Labute approximate surface area is 172 Å². The Balaban J connectivity index is 1.97. The second kappa shape index (κ2) is 9.96. The van der Waals surface area contributed by atoms with Gasteiger partial charge in [-0.1, -0.05) is 23.2 Å². The molecule has 0 atom stereocenters. The van der Waals surface area contributed by atoms with E-state index in [1.165, 1.54) is 14.2 Å². The first-order valence-electron chi connectivity index (χ1n) is 8.14. The molecule has 0 bridgehead atoms. The van der Waals surface area contributed by atoms with E-state index in [-0.39, 0.29) is 12.3 Å². The fourth-order valence-electron chi connectivity index (χ4n) is 2.24. The van der Waals surface area contributed by atoms with E-state index in [0.717, 1.165) is 0 Å². The summed E-state index contributed by atoms with van der Waals surface area (Å²) in [7, 11) is 2.97. The lowest BCUT2D eigenvalue weighted by molar-refractivity contribution is -0.115. The highest BCUT2D eigenvalue weighted by Gasteiger charge is 2.13. The molecule has 7 nitrogen and oxygen atoms in total. The van der Waals surface area contributed by atoms with E-state index < -0.39 is 5.91 Å². The van der Waals surface area contributed by atoms with Gasteiger partial charge in [-0.2, -0.15) is 5.10 Å². The van der Waals surface area contributed by atoms with Crippen LogP contribution >= 0.6 is 23.2 Å². The summed E-state index contributed by atoms with van der Waals surface area (Å²) < 4.78 is 10.3. The minimum Gasteiger partial charge on any atom is -0.497 e. The number of ether oxygens (including phenoxy) is 2. The standard InChI is InChI=1S/C19H19Cl2N3O4/c1-11(8-18(25)22-12-4-7-15(20)16(21)9-12)23-24-19(26)14-6-5-13(27-2)10-17(14)28-3/h4-7,9-10H,8H2,1-3H3,(H,22,25)(H,24,26)/b23-11-. The Hall–Kier alpha value is -2.77. The lowest BCUT2D eigenvalue weighted by Crippen LogP contribution is -2.22. The van der Waals surface area contributed by atoms with Crippen molar-refractivity contribution in [1.29, 1.82) is 0 Å². The summed E-state index contributed by atoms with van der Waals surface area (Å²) in [4.78, 5) is 24.4. The van der Waals surface area contributed by atoms with Crippen LogP contribution in [-0.4, -0.2) is 31.7 Å². The van der Waals surface area contributed by atoms with Crippen LogP contribution in [0.25, 0.3) is 0 Å². The van der Waals surface area contributed by atoms with Crippen LogP contribution in [0.1, 0.15) is 23.7 Å². The van der Waals surface area contributed by atoms with Crippen LogP contribution in [0.4, 0.5) is 5.69 Å². The number of carbonyl (C=O) groups is 2. The molecular weight excluding hydrogens is 405 g/mol. The van der Waals surface area contributed by atoms with Gasteiger partial charge in [-0.15, -0.1) is 0 Å². The molecule has 2 aromatic carbocycles. The highest BCUT2D eigenvalue weighted by Crippen LogP contribution is 2.25. The smallest absolute Gasteiger partial charge is 0.275 e. The molecule has 0 aliphatic rings. The zero-order valence-electron chi connectivity index (χ0n) is 15.5. The number of nitrogens with zero attached hydrogens (tertiary/aromatic N) is 1. The summed E-state index contributed by atoms with van der Waals surface area (Å²) >= 11 is 11.8. The summed E-state index contributed by atoms with van der Waals surface area (Å²) in [5.41, 5.74) is 3.63. The van der Waals surface area contributed by atoms with Crippen LogP contribution in [0.3, 0.4) is 0 Å². The Bertz CT molecular complexity index is 916. The van der Waals surface area contributed by atoms with E-state index in [1.54, 1.807) is 43.3 Å². The van der Waals surface area contributed by atoms with Crippen molar-refractivity contribution < 1.29 is 19.1 Å². The fraction of sp³-hybridized carbons (Fsp3) is 0.211. The zero-order chi connectivity index (χ0) is 20.7. The van der Waals surface area contributed by atoms with E-state index >= 15 is 0 Å². The van der Waals surface area contributed by atoms with Crippen molar-refractivity contribution in [1.82, 2.24) is 5.43 Å². The molecular formula is C19H19Cl2N3O4. The molecule has 0 radical (unpaired) electrons. The maximum Gasteiger partial charge on any atom is 0.275 e. The first kappa shape index (κ1) is 21.5. The molecule has 0 aliphatic carbocycles. The number of methoxy groups -OCH3 is 2. The molecule has 0 spiro atoms. The van der Waals surface area contributed by atoms with E-state index in [4.69, 9.17) is 32.7 Å². The van der Waals surface area contributed by atoms with Gasteiger partial charge in [-0.25, -0.2) is 5.43 Å². The number of carbonyl (C=O) groups excluding carboxylic acids is 2. The highest BCUT2D eigenvalue weighted by molar-refractivity contribution is 6.42. The number of hydrogen-bond acceptors (Lipinski definition) is 5. The van der Waals surface area contributed by atoms with E-state index in [1.807, 2.05) is 0 Å². The topological polar surface area (TPSA) is 89.0 Å². The summed E-state index contributed by atoms with van der Waals surface area (Å²) in [6.45, 7) is 1.62. The number of hydrazone groups is 1. The van der Waals surface area contributed by atoms with Crippen molar-refractivity contribution in [2.75, 3.05) is 19.5 Å². The predicted molar refractivity (Wildman–Crippen MR) is 110 cm³/mol. The average molecular weight is 424 g/mol. The Morgan fingerprint density at radius 2 is 1.79 bits per heavy atom. The molecule has 0 saturated carbocycles. The summed E-state index contributed by atoms with van der Waals surface area (Å²) in [5.74, 6) is 0.133. The molecule has 148 valence electrons. The third-order valence-electron chi connectivity index (χ3n) is 3.62.